The van der Waals surface area contributed by atoms with E-state index in [9.17, 15) is 4.79 Å². The fourth-order valence-electron chi connectivity index (χ4n) is 3.06. The number of nitrogens with zero attached hydrogens (tertiary/aromatic N) is 3. The van der Waals surface area contributed by atoms with Crippen LogP contribution in [0.4, 0.5) is 0 Å². The van der Waals surface area contributed by atoms with Crippen molar-refractivity contribution in [2.24, 2.45) is 10.2 Å². The predicted molar refractivity (Wildman–Crippen MR) is 126 cm³/mol. The van der Waals surface area contributed by atoms with E-state index < -0.39 is 0 Å². The Morgan fingerprint density at radius 1 is 1.00 bits per heavy atom. The molecule has 1 amide bonds. The summed E-state index contributed by atoms with van der Waals surface area (Å²) in [6.07, 6.45) is 5.03. The Bertz CT molecular complexity index is 1170. The lowest BCUT2D eigenvalue weighted by Crippen LogP contribution is -2.28. The fraction of sp³-hybridized carbons (Fsp3) is 0.125. The summed E-state index contributed by atoms with van der Waals surface area (Å²) in [5.74, 6) is 1.70. The van der Waals surface area contributed by atoms with Crippen LogP contribution >= 0.6 is 11.8 Å². The van der Waals surface area contributed by atoms with Crippen LogP contribution in [0.25, 0.3) is 6.08 Å². The Balaban J connectivity index is 1.63. The predicted octanol–water partition coefficient (Wildman–Crippen LogP) is 4.80. The van der Waals surface area contributed by atoms with Gasteiger partial charge >= 0.3 is 0 Å². The number of hydrogen-bond acceptors (Lipinski definition) is 7. The second-order valence-electron chi connectivity index (χ2n) is 6.73. The van der Waals surface area contributed by atoms with E-state index in [4.69, 9.17) is 13.9 Å². The van der Waals surface area contributed by atoms with Crippen LogP contribution in [0.2, 0.25) is 0 Å². The van der Waals surface area contributed by atoms with Gasteiger partial charge in [-0.2, -0.15) is 5.10 Å². The van der Waals surface area contributed by atoms with Crippen LogP contribution in [0.5, 0.6) is 11.5 Å². The van der Waals surface area contributed by atoms with Crippen LogP contribution in [0.15, 0.2) is 86.5 Å². The van der Waals surface area contributed by atoms with Crippen molar-refractivity contribution in [2.75, 3.05) is 14.2 Å². The monoisotopic (exact) mass is 447 g/mol. The molecule has 8 heteroatoms. The highest BCUT2D eigenvalue weighted by Gasteiger charge is 2.34. The number of amidine groups is 1. The van der Waals surface area contributed by atoms with Gasteiger partial charge in [0.2, 0.25) is 0 Å². The van der Waals surface area contributed by atoms with E-state index in [0.29, 0.717) is 27.3 Å². The molecule has 1 aliphatic heterocycles. The average molecular weight is 448 g/mol. The summed E-state index contributed by atoms with van der Waals surface area (Å²) < 4.78 is 16.1. The SMILES string of the molecule is COc1ccc(/C=C2\S/C(=N\N=C\c3ccccc3)N(Cc3ccco3)C2=O)cc1OC. The first kappa shape index (κ1) is 21.5. The number of carbonyl (C=O) groups excluding carboxylic acids is 1. The second-order valence-corrected chi connectivity index (χ2v) is 7.74. The molecule has 7 nitrogen and oxygen atoms in total. The molecule has 0 aliphatic carbocycles. The molecule has 1 aliphatic rings. The number of rotatable bonds is 7. The minimum atomic E-state index is -0.171. The van der Waals surface area contributed by atoms with E-state index in [1.807, 2.05) is 48.5 Å². The maximum atomic E-state index is 13.2. The lowest BCUT2D eigenvalue weighted by molar-refractivity contribution is -0.122. The van der Waals surface area contributed by atoms with E-state index in [1.165, 1.54) is 11.8 Å². The number of carbonyl (C=O) groups is 1. The summed E-state index contributed by atoms with van der Waals surface area (Å²) in [4.78, 5) is 15.2. The molecule has 0 N–H and O–H groups in total. The van der Waals surface area contributed by atoms with Crippen molar-refractivity contribution in [3.8, 4) is 11.5 Å². The molecule has 0 spiro atoms. The molecule has 0 atom stereocenters. The van der Waals surface area contributed by atoms with Crippen molar-refractivity contribution in [1.82, 2.24) is 4.90 Å². The summed E-state index contributed by atoms with van der Waals surface area (Å²) in [5.41, 5.74) is 1.73. The van der Waals surface area contributed by atoms with Crippen molar-refractivity contribution >= 4 is 35.1 Å². The molecule has 3 aromatic rings. The lowest BCUT2D eigenvalue weighted by atomic mass is 10.2. The summed E-state index contributed by atoms with van der Waals surface area (Å²) in [5, 5.41) is 8.97. The van der Waals surface area contributed by atoms with Crippen LogP contribution in [-0.4, -0.2) is 36.4 Å². The third-order valence-corrected chi connectivity index (χ3v) is 5.63. The van der Waals surface area contributed by atoms with Crippen molar-refractivity contribution < 1.29 is 18.7 Å². The van der Waals surface area contributed by atoms with Crippen LogP contribution < -0.4 is 9.47 Å². The number of methoxy groups -OCH3 is 2. The van der Waals surface area contributed by atoms with Crippen molar-refractivity contribution in [3.05, 3.63) is 88.7 Å². The number of amides is 1. The van der Waals surface area contributed by atoms with Gasteiger partial charge < -0.3 is 13.9 Å². The molecule has 0 bridgehead atoms. The second kappa shape index (κ2) is 10.0. The number of ether oxygens (including phenoxy) is 2. The highest BCUT2D eigenvalue weighted by atomic mass is 32.2. The largest absolute Gasteiger partial charge is 0.493 e. The first-order valence-electron chi connectivity index (χ1n) is 9.80. The van der Waals surface area contributed by atoms with Gasteiger partial charge in [-0.25, -0.2) is 0 Å². The zero-order chi connectivity index (χ0) is 22.3. The minimum Gasteiger partial charge on any atom is -0.493 e. The Morgan fingerprint density at radius 3 is 2.53 bits per heavy atom. The zero-order valence-electron chi connectivity index (χ0n) is 17.6. The van der Waals surface area contributed by atoms with Gasteiger partial charge in [-0.3, -0.25) is 9.69 Å². The molecule has 162 valence electrons. The molecular weight excluding hydrogens is 426 g/mol. The molecule has 0 unspecified atom stereocenters. The van der Waals surface area contributed by atoms with Crippen molar-refractivity contribution in [3.63, 3.8) is 0 Å². The zero-order valence-corrected chi connectivity index (χ0v) is 18.4. The van der Waals surface area contributed by atoms with Crippen LogP contribution in [0.3, 0.4) is 0 Å². The van der Waals surface area contributed by atoms with Crippen LogP contribution in [0, 0.1) is 0 Å². The molecule has 2 aromatic carbocycles. The Morgan fingerprint density at radius 2 is 1.81 bits per heavy atom. The van der Waals surface area contributed by atoms with Gasteiger partial charge in [0.15, 0.2) is 16.7 Å². The van der Waals surface area contributed by atoms with Crippen LogP contribution in [-0.2, 0) is 11.3 Å². The molecular formula is C24H21N3O4S. The lowest BCUT2D eigenvalue weighted by Gasteiger charge is -2.12. The van der Waals surface area contributed by atoms with Gasteiger partial charge in [-0.1, -0.05) is 36.4 Å². The molecule has 0 saturated carbocycles. The van der Waals surface area contributed by atoms with E-state index in [0.717, 1.165) is 11.1 Å². The minimum absolute atomic E-state index is 0.171. The molecule has 4 rings (SSSR count). The molecule has 0 radical (unpaired) electrons. The molecule has 2 heterocycles. The van der Waals surface area contributed by atoms with Gasteiger partial charge in [-0.05, 0) is 53.2 Å². The highest BCUT2D eigenvalue weighted by Crippen LogP contribution is 2.35. The molecule has 1 saturated heterocycles. The molecule has 1 aromatic heterocycles. The maximum absolute atomic E-state index is 13.2. The standard InChI is InChI=1S/C24H21N3O4S/c1-29-20-11-10-18(13-21(20)30-2)14-22-23(28)27(16-19-9-6-12-31-19)24(32-22)26-25-15-17-7-4-3-5-8-17/h3-15H,16H2,1-2H3/b22-14-,25-15+,26-24-. The summed E-state index contributed by atoms with van der Waals surface area (Å²) in [6, 6.07) is 18.7. The Hall–Kier alpha value is -3.78. The first-order valence-corrected chi connectivity index (χ1v) is 10.6. The van der Waals surface area contributed by atoms with E-state index in [-0.39, 0.29) is 12.5 Å². The Labute approximate surface area is 190 Å². The average Bonchev–Trinajstić information content (AvgIpc) is 3.44. The third kappa shape index (κ3) is 4.92. The van der Waals surface area contributed by atoms with Gasteiger partial charge in [0.05, 0.1) is 38.1 Å². The summed E-state index contributed by atoms with van der Waals surface area (Å²) in [7, 11) is 3.16. The van der Waals surface area contributed by atoms with E-state index in [1.54, 1.807) is 49.8 Å². The van der Waals surface area contributed by atoms with E-state index >= 15 is 0 Å². The maximum Gasteiger partial charge on any atom is 0.267 e. The highest BCUT2D eigenvalue weighted by molar-refractivity contribution is 8.18. The van der Waals surface area contributed by atoms with Crippen molar-refractivity contribution in [2.45, 2.75) is 6.54 Å². The van der Waals surface area contributed by atoms with E-state index in [2.05, 4.69) is 10.2 Å². The molecule has 1 fully saturated rings. The van der Waals surface area contributed by atoms with Gasteiger partial charge in [-0.15, -0.1) is 5.10 Å². The Kier molecular flexibility index (Phi) is 6.72. The number of hydrogen-bond donors (Lipinski definition) is 0. The number of benzene rings is 2. The number of thioether (sulfide) groups is 1. The first-order chi connectivity index (χ1) is 15.7. The van der Waals surface area contributed by atoms with Crippen molar-refractivity contribution in [1.29, 1.82) is 0 Å². The number of furan rings is 1. The summed E-state index contributed by atoms with van der Waals surface area (Å²) in [6.45, 7) is 0.266. The third-order valence-electron chi connectivity index (χ3n) is 4.64. The van der Waals surface area contributed by atoms with Gasteiger partial charge in [0.25, 0.3) is 5.91 Å². The summed E-state index contributed by atoms with van der Waals surface area (Å²) >= 11 is 1.26. The smallest absolute Gasteiger partial charge is 0.267 e. The van der Waals surface area contributed by atoms with Gasteiger partial charge in [0.1, 0.15) is 5.76 Å². The van der Waals surface area contributed by atoms with Gasteiger partial charge in [0, 0.05) is 0 Å². The molecule has 32 heavy (non-hydrogen) atoms. The fourth-order valence-corrected chi connectivity index (χ4v) is 3.99. The van der Waals surface area contributed by atoms with Crippen LogP contribution in [0.1, 0.15) is 16.9 Å². The topological polar surface area (TPSA) is 76.6 Å². The normalized spacial score (nSPS) is 16.4. The quantitative estimate of drug-likeness (QED) is 0.295.